The molecule has 802 valence electrons. The SMILES string of the molecule is COC1OC(CO)C(OC2OC(COC3OC(CO)C(O)C(O)C3OC3OC(CO)C(OC4OC(COC5(OC=O)CC(O)C(NC(C)=O)C([C@H](F)C(O)CO)O5)C(O)C(O)C4O)C(O)C3NC(C)=O)C(O)C(OC3OC(CO)C(O)C(O)C3OC3OC(CO)C(OC4OC(COC5(OC=O)CC(O)C(NC(C)=O)C([C@H](F)C(O)CO)O5)C(O)C(O)C4O)C(O)C3NC(C)=O)C2O)C(O)C1NC(C)=O. The highest BCUT2D eigenvalue weighted by atomic mass is 19.1. The van der Waals surface area contributed by atoms with Gasteiger partial charge in [-0.15, -0.1) is 0 Å². The van der Waals surface area contributed by atoms with E-state index in [1.54, 1.807) is 0 Å². The fourth-order valence-corrected chi connectivity index (χ4v) is 17.5. The summed E-state index contributed by atoms with van der Waals surface area (Å²) in [7, 11) is 1.08. The molecule has 0 aromatic heterocycles. The molecule has 10 fully saturated rings. The van der Waals surface area contributed by atoms with Crippen LogP contribution in [0.4, 0.5) is 8.78 Å². The van der Waals surface area contributed by atoms with E-state index < -0.39 is 427 Å². The smallest absolute Gasteiger partial charge is 0.332 e. The maximum Gasteiger partial charge on any atom is 0.332 e. The number of halogens is 2. The second-order valence-corrected chi connectivity index (χ2v) is 34.4. The number of hydrogen-bond donors (Lipinski definition) is 31. The number of carbonyl (C=O) groups excluding carboxylic acids is 7. The summed E-state index contributed by atoms with van der Waals surface area (Å²) in [5.74, 6) is -10.5. The number of amides is 5. The molecule has 0 aliphatic carbocycles. The summed E-state index contributed by atoms with van der Waals surface area (Å²) in [4.78, 5) is 87.2. The third kappa shape index (κ3) is 26.5. The van der Waals surface area contributed by atoms with Crippen LogP contribution in [0.5, 0.6) is 0 Å². The van der Waals surface area contributed by atoms with Gasteiger partial charge in [-0.25, -0.2) is 8.78 Å². The first-order chi connectivity index (χ1) is 65.7. The largest absolute Gasteiger partial charge is 0.410 e. The summed E-state index contributed by atoms with van der Waals surface area (Å²) in [6, 6.07) is -9.22. The van der Waals surface area contributed by atoms with Gasteiger partial charge in [0.25, 0.3) is 12.9 Å². The first-order valence-electron chi connectivity index (χ1n) is 43.7. The number of carbonyl (C=O) groups is 7. The van der Waals surface area contributed by atoms with Crippen molar-refractivity contribution in [2.24, 2.45) is 0 Å². The number of alkyl halides is 2. The van der Waals surface area contributed by atoms with E-state index in [0.717, 1.165) is 41.7 Å². The van der Waals surface area contributed by atoms with E-state index in [4.69, 9.17) is 104 Å². The van der Waals surface area contributed by atoms with Gasteiger partial charge in [-0.05, 0) is 0 Å². The molecule has 52 atom stereocenters. The van der Waals surface area contributed by atoms with E-state index in [2.05, 4.69) is 26.6 Å². The van der Waals surface area contributed by atoms with Crippen LogP contribution >= 0.6 is 0 Å². The highest BCUT2D eigenvalue weighted by Crippen LogP contribution is 2.43. The van der Waals surface area contributed by atoms with Gasteiger partial charge in [0.05, 0.1) is 103 Å². The van der Waals surface area contributed by atoms with Gasteiger partial charge in [0.2, 0.25) is 29.5 Å². The van der Waals surface area contributed by atoms with Crippen molar-refractivity contribution in [3.8, 4) is 0 Å². The summed E-state index contributed by atoms with van der Waals surface area (Å²) >= 11 is 0. The number of methoxy groups -OCH3 is 1. The molecule has 31 N–H and O–H groups in total. The van der Waals surface area contributed by atoms with Crippen LogP contribution in [0, 0.1) is 0 Å². The molecular weight excluding hydrogens is 1910 g/mol. The highest BCUT2D eigenvalue weighted by Gasteiger charge is 2.64. The van der Waals surface area contributed by atoms with Crippen molar-refractivity contribution in [2.75, 3.05) is 73.2 Å². The van der Waals surface area contributed by atoms with Gasteiger partial charge < -0.3 is 264 Å². The van der Waals surface area contributed by atoms with E-state index in [9.17, 15) is 166 Å². The molecule has 0 radical (unpaired) electrons. The monoisotopic (exact) mass is 2040 g/mol. The molecule has 0 bridgehead atoms. The lowest BCUT2D eigenvalue weighted by molar-refractivity contribution is -0.419. The zero-order chi connectivity index (χ0) is 103. The Hall–Kier alpha value is -5.69. The van der Waals surface area contributed by atoms with E-state index in [1.165, 1.54) is 0 Å². The minimum atomic E-state index is -2.92. The Balaban J connectivity index is 0.911. The van der Waals surface area contributed by atoms with Gasteiger partial charge >= 0.3 is 11.9 Å². The Morgan fingerprint density at radius 3 is 0.957 bits per heavy atom. The van der Waals surface area contributed by atoms with Crippen LogP contribution in [0.25, 0.3) is 0 Å². The number of aliphatic hydroxyl groups excluding tert-OH is 26. The van der Waals surface area contributed by atoms with Crippen LogP contribution in [0.15, 0.2) is 0 Å². The molecule has 50 unspecified atom stereocenters. The van der Waals surface area contributed by atoms with Crippen molar-refractivity contribution in [1.29, 1.82) is 0 Å². The molecule has 0 saturated carbocycles. The van der Waals surface area contributed by atoms with E-state index in [0.29, 0.717) is 0 Å². The number of aliphatic hydroxyl groups is 26. The van der Waals surface area contributed by atoms with Gasteiger partial charge in [-0.2, -0.15) is 0 Å². The van der Waals surface area contributed by atoms with Gasteiger partial charge in [0.1, 0.15) is 220 Å². The van der Waals surface area contributed by atoms with Crippen molar-refractivity contribution >= 4 is 42.5 Å². The Bertz CT molecular complexity index is 3890. The lowest BCUT2D eigenvalue weighted by Gasteiger charge is -2.51. The average molecular weight is 2040 g/mol. The van der Waals surface area contributed by atoms with Crippen molar-refractivity contribution in [1.82, 2.24) is 26.6 Å². The molecule has 0 aromatic carbocycles. The Morgan fingerprint density at radius 2 is 0.619 bits per heavy atom. The minimum absolute atomic E-state index is 0.303. The molecule has 10 heterocycles. The third-order valence-corrected chi connectivity index (χ3v) is 24.7. The van der Waals surface area contributed by atoms with Crippen LogP contribution in [-0.4, -0.2) is 567 Å². The van der Waals surface area contributed by atoms with E-state index in [1.807, 2.05) is 0 Å². The summed E-state index contributed by atoms with van der Waals surface area (Å²) in [6.45, 7) is -8.01. The first-order valence-corrected chi connectivity index (χ1v) is 43.7. The summed E-state index contributed by atoms with van der Waals surface area (Å²) < 4.78 is 160. The van der Waals surface area contributed by atoms with Crippen molar-refractivity contribution in [3.05, 3.63) is 0 Å². The quantitative estimate of drug-likeness (QED) is 0.0199. The standard InChI is InChI=1S/C77H125F2N5O55/c1-21(94)80-40-26(99)7-76(122-19-92,138-63(40)38(78)28(101)9-85)120-17-36-47(105)53(111)57(115)71(130-36)132-61-33(14-90)127-69(43(51(61)109)83-24(4)97)136-66-55(113)45(103)30(11-87)124-74(66)119-16-35-49(107)65(59(117)73(129-35)134-60-32(13-89)126-68(118-6)42(50(60)108)82-23(3)96)135-75-67(56(114)46(104)31(12-88)125-75)137-70-44(84-25(5)98)52(110)62(34(15-91)128-70)133-72-58(116)54(112)48(106)37(131-72)18-121-77(123-20-93)8-27(100)41(81-22(2)95)64(139-77)39(79)29(102)10-86/h19-20,26-75,85-91,99-117H,7-18H2,1-6H3,(H,80,94)(H,81,95)(H,82,96)(H,83,97)(H,84,98)/t26?,27?,28?,29?,30?,31?,32?,33?,34?,35?,36?,37?,38-,39-,40?,41?,42?,43?,44?,45?,46?,47?,48?,49?,50?,51?,52?,53?,54?,55?,56?,57?,58?,59?,60?,61?,62?,63?,64?,65?,66?,67?,68?,69?,70?,71?,72?,73?,74?,75?,76?,77?/m1/s1. The highest BCUT2D eigenvalue weighted by molar-refractivity contribution is 5.75. The van der Waals surface area contributed by atoms with Gasteiger partial charge in [0, 0.05) is 41.7 Å². The zero-order valence-corrected chi connectivity index (χ0v) is 74.7. The predicted octanol–water partition coefficient (Wildman–Crippen LogP) is -21.0. The molecule has 60 nitrogen and oxygen atoms in total. The van der Waals surface area contributed by atoms with Gasteiger partial charge in [-0.1, -0.05) is 0 Å². The molecule has 0 spiro atoms. The van der Waals surface area contributed by atoms with Crippen molar-refractivity contribution in [2.45, 2.75) is 366 Å². The maximum absolute atomic E-state index is 15.8. The fourth-order valence-electron chi connectivity index (χ4n) is 17.5. The second-order valence-electron chi connectivity index (χ2n) is 34.4. The van der Waals surface area contributed by atoms with Crippen LogP contribution in [0.3, 0.4) is 0 Å². The third-order valence-electron chi connectivity index (χ3n) is 24.7. The zero-order valence-electron chi connectivity index (χ0n) is 74.7. The number of rotatable bonds is 42. The minimum Gasteiger partial charge on any atom is -0.410 e. The van der Waals surface area contributed by atoms with Crippen LogP contribution in [0.1, 0.15) is 47.5 Å². The molecule has 5 amide bonds. The molecular formula is C77H125F2N5O55. The Morgan fingerprint density at radius 1 is 0.331 bits per heavy atom. The molecule has 62 heteroatoms. The van der Waals surface area contributed by atoms with Crippen LogP contribution < -0.4 is 26.6 Å². The van der Waals surface area contributed by atoms with Gasteiger partial charge in [-0.3, -0.25) is 33.6 Å². The average Bonchev–Trinajstić information content (AvgIpc) is 0.761. The molecule has 10 rings (SSSR count). The topological polar surface area (TPSA) is 909 Å². The molecule has 0 aromatic rings. The lowest BCUT2D eigenvalue weighted by atomic mass is 9.92. The van der Waals surface area contributed by atoms with Gasteiger partial charge in [0.15, 0.2) is 62.7 Å². The molecule has 10 saturated heterocycles. The second kappa shape index (κ2) is 50.6. The maximum atomic E-state index is 15.8. The van der Waals surface area contributed by atoms with Crippen LogP contribution in [-0.2, 0) is 138 Å². The molecule has 139 heavy (non-hydrogen) atoms. The Kier molecular flexibility index (Phi) is 42.0. The first kappa shape index (κ1) is 115. The number of hydrogen-bond acceptors (Lipinski definition) is 55. The fraction of sp³-hybridized carbons (Fsp3) is 0.909. The summed E-state index contributed by atoms with van der Waals surface area (Å²) in [6.07, 6.45) is -103. The van der Waals surface area contributed by atoms with E-state index >= 15 is 8.78 Å². The summed E-state index contributed by atoms with van der Waals surface area (Å²) in [5.41, 5.74) is 0. The summed E-state index contributed by atoms with van der Waals surface area (Å²) in [5, 5.41) is 304. The molecule has 10 aliphatic rings. The van der Waals surface area contributed by atoms with E-state index in [-0.39, 0.29) is 12.9 Å². The normalized spacial score (nSPS) is 45.9. The van der Waals surface area contributed by atoms with Crippen molar-refractivity contribution < 1.29 is 279 Å². The number of ether oxygens (including phenoxy) is 22. The lowest BCUT2D eigenvalue weighted by Crippen LogP contribution is -2.70. The number of nitrogens with one attached hydrogen (secondary N) is 5. The molecule has 10 aliphatic heterocycles. The predicted molar refractivity (Wildman–Crippen MR) is 424 cm³/mol. The Labute approximate surface area is 785 Å². The van der Waals surface area contributed by atoms with Crippen molar-refractivity contribution in [3.63, 3.8) is 0 Å². The van der Waals surface area contributed by atoms with Crippen LogP contribution in [0.2, 0.25) is 0 Å².